The number of hydrogen-bond acceptors (Lipinski definition) is 2. The second-order valence-electron chi connectivity index (χ2n) is 5.26. The first-order valence-electron chi connectivity index (χ1n) is 5.93. The zero-order valence-electron chi connectivity index (χ0n) is 11.1. The smallest absolute Gasteiger partial charge is 0.224 e. The first-order chi connectivity index (χ1) is 7.83. The second-order valence-corrected chi connectivity index (χ2v) is 5.26. The van der Waals surface area contributed by atoms with Crippen molar-refractivity contribution < 1.29 is 4.79 Å². The number of benzene rings is 1. The number of nitrogens with two attached hydrogens (primary N) is 1. The summed E-state index contributed by atoms with van der Waals surface area (Å²) in [4.78, 5) is 11.2. The van der Waals surface area contributed by atoms with Gasteiger partial charge in [-0.25, -0.2) is 0 Å². The van der Waals surface area contributed by atoms with Crippen molar-refractivity contribution in [2.75, 3.05) is 6.54 Å². The fourth-order valence-corrected chi connectivity index (χ4v) is 1.55. The van der Waals surface area contributed by atoms with E-state index >= 15 is 0 Å². The van der Waals surface area contributed by atoms with Gasteiger partial charge in [0.25, 0.3) is 0 Å². The molecular weight excluding hydrogens is 212 g/mol. The van der Waals surface area contributed by atoms with E-state index in [4.69, 9.17) is 5.73 Å². The predicted molar refractivity (Wildman–Crippen MR) is 70.6 cm³/mol. The summed E-state index contributed by atoms with van der Waals surface area (Å²) >= 11 is 0. The molecule has 1 amide bonds. The number of rotatable bonds is 5. The SMILES string of the molecule is Cc1cccc(C(C)NCC(C)(C)C(N)=O)c1. The molecule has 0 heterocycles. The topological polar surface area (TPSA) is 55.1 Å². The number of nitrogens with one attached hydrogen (secondary N) is 1. The normalized spacial score (nSPS) is 13.4. The third-order valence-corrected chi connectivity index (χ3v) is 3.06. The van der Waals surface area contributed by atoms with E-state index in [2.05, 4.69) is 37.4 Å². The van der Waals surface area contributed by atoms with Crippen LogP contribution >= 0.6 is 0 Å². The van der Waals surface area contributed by atoms with Crippen molar-refractivity contribution in [2.45, 2.75) is 33.7 Å². The zero-order valence-corrected chi connectivity index (χ0v) is 11.1. The van der Waals surface area contributed by atoms with E-state index < -0.39 is 5.41 Å². The van der Waals surface area contributed by atoms with Crippen LogP contribution in [0.25, 0.3) is 0 Å². The van der Waals surface area contributed by atoms with Crippen molar-refractivity contribution in [3.63, 3.8) is 0 Å². The largest absolute Gasteiger partial charge is 0.369 e. The summed E-state index contributed by atoms with van der Waals surface area (Å²) in [7, 11) is 0. The van der Waals surface area contributed by atoms with Gasteiger partial charge in [0, 0.05) is 12.6 Å². The van der Waals surface area contributed by atoms with Crippen molar-refractivity contribution in [1.29, 1.82) is 0 Å². The van der Waals surface area contributed by atoms with Crippen LogP contribution in [0.1, 0.15) is 37.9 Å². The number of hydrogen-bond donors (Lipinski definition) is 2. The Morgan fingerprint density at radius 1 is 1.47 bits per heavy atom. The van der Waals surface area contributed by atoms with Crippen molar-refractivity contribution in [2.24, 2.45) is 11.1 Å². The maximum atomic E-state index is 11.2. The molecule has 0 aromatic heterocycles. The minimum Gasteiger partial charge on any atom is -0.369 e. The zero-order chi connectivity index (χ0) is 13.1. The Hall–Kier alpha value is -1.35. The Balaban J connectivity index is 2.62. The minimum absolute atomic E-state index is 0.216. The maximum absolute atomic E-state index is 11.2. The summed E-state index contributed by atoms with van der Waals surface area (Å²) < 4.78 is 0. The number of primary amides is 1. The fourth-order valence-electron chi connectivity index (χ4n) is 1.55. The molecule has 1 rings (SSSR count). The van der Waals surface area contributed by atoms with Crippen LogP contribution in [0.3, 0.4) is 0 Å². The summed E-state index contributed by atoms with van der Waals surface area (Å²) in [6.45, 7) is 8.45. The molecule has 0 aliphatic rings. The van der Waals surface area contributed by atoms with E-state index in [-0.39, 0.29) is 11.9 Å². The van der Waals surface area contributed by atoms with E-state index in [9.17, 15) is 4.79 Å². The van der Waals surface area contributed by atoms with Crippen LogP contribution in [0.5, 0.6) is 0 Å². The number of aryl methyl sites for hydroxylation is 1. The Morgan fingerprint density at radius 2 is 2.12 bits per heavy atom. The van der Waals surface area contributed by atoms with Crippen molar-refractivity contribution in [1.82, 2.24) is 5.32 Å². The standard InChI is InChI=1S/C14H22N2O/c1-10-6-5-7-12(8-10)11(2)16-9-14(3,4)13(15)17/h5-8,11,16H,9H2,1-4H3,(H2,15,17). The fraction of sp³-hybridized carbons (Fsp3) is 0.500. The van der Waals surface area contributed by atoms with E-state index in [0.29, 0.717) is 6.54 Å². The lowest BCUT2D eigenvalue weighted by molar-refractivity contribution is -0.125. The molecule has 3 nitrogen and oxygen atoms in total. The van der Waals surface area contributed by atoms with Crippen LogP contribution in [0, 0.1) is 12.3 Å². The molecule has 0 bridgehead atoms. The van der Waals surface area contributed by atoms with Crippen LogP contribution in [0.15, 0.2) is 24.3 Å². The first kappa shape index (κ1) is 13.7. The van der Waals surface area contributed by atoms with E-state index in [0.717, 1.165) is 0 Å². The molecule has 3 heteroatoms. The second kappa shape index (κ2) is 5.32. The number of amides is 1. The van der Waals surface area contributed by atoms with Crippen molar-refractivity contribution in [3.05, 3.63) is 35.4 Å². The molecule has 0 spiro atoms. The number of carbonyl (C=O) groups excluding carboxylic acids is 1. The maximum Gasteiger partial charge on any atom is 0.224 e. The van der Waals surface area contributed by atoms with Gasteiger partial charge in [-0.3, -0.25) is 4.79 Å². The molecule has 1 atom stereocenters. The molecule has 1 aromatic carbocycles. The van der Waals surface area contributed by atoms with E-state index in [1.54, 1.807) is 0 Å². The van der Waals surface area contributed by atoms with Crippen molar-refractivity contribution in [3.8, 4) is 0 Å². The molecule has 0 fully saturated rings. The van der Waals surface area contributed by atoms with Gasteiger partial charge in [0.05, 0.1) is 5.41 Å². The molecule has 17 heavy (non-hydrogen) atoms. The van der Waals surface area contributed by atoms with Crippen LogP contribution in [0.4, 0.5) is 0 Å². The lowest BCUT2D eigenvalue weighted by Crippen LogP contribution is -2.41. The summed E-state index contributed by atoms with van der Waals surface area (Å²) in [6.07, 6.45) is 0. The monoisotopic (exact) mass is 234 g/mol. The molecule has 3 N–H and O–H groups in total. The molecule has 1 unspecified atom stereocenters. The van der Waals surface area contributed by atoms with Crippen LogP contribution in [-0.2, 0) is 4.79 Å². The van der Waals surface area contributed by atoms with Gasteiger partial charge in [-0.15, -0.1) is 0 Å². The van der Waals surface area contributed by atoms with Gasteiger partial charge in [0.1, 0.15) is 0 Å². The van der Waals surface area contributed by atoms with Crippen LogP contribution in [0.2, 0.25) is 0 Å². The van der Waals surface area contributed by atoms with Gasteiger partial charge >= 0.3 is 0 Å². The van der Waals surface area contributed by atoms with E-state index in [1.165, 1.54) is 11.1 Å². The lowest BCUT2D eigenvalue weighted by atomic mass is 9.92. The molecule has 0 saturated carbocycles. The first-order valence-corrected chi connectivity index (χ1v) is 5.93. The average molecular weight is 234 g/mol. The summed E-state index contributed by atoms with van der Waals surface area (Å²) in [5.74, 6) is -0.276. The number of carbonyl (C=O) groups is 1. The molecule has 0 saturated heterocycles. The Morgan fingerprint density at radius 3 is 2.65 bits per heavy atom. The predicted octanol–water partition coefficient (Wildman–Crippen LogP) is 2.16. The van der Waals surface area contributed by atoms with Gasteiger partial charge < -0.3 is 11.1 Å². The molecular formula is C14H22N2O. The molecule has 0 radical (unpaired) electrons. The minimum atomic E-state index is -0.516. The highest BCUT2D eigenvalue weighted by Crippen LogP contribution is 2.17. The Labute approximate surface area is 103 Å². The molecule has 94 valence electrons. The third-order valence-electron chi connectivity index (χ3n) is 3.06. The highest BCUT2D eigenvalue weighted by molar-refractivity contribution is 5.80. The van der Waals surface area contributed by atoms with Gasteiger partial charge in [-0.1, -0.05) is 29.8 Å². The van der Waals surface area contributed by atoms with Gasteiger partial charge in [-0.05, 0) is 33.3 Å². The van der Waals surface area contributed by atoms with Gasteiger partial charge in [0.2, 0.25) is 5.91 Å². The Kier molecular flexibility index (Phi) is 4.29. The van der Waals surface area contributed by atoms with Crippen LogP contribution < -0.4 is 11.1 Å². The van der Waals surface area contributed by atoms with Crippen molar-refractivity contribution >= 4 is 5.91 Å². The molecule has 0 aliphatic carbocycles. The molecule has 0 aliphatic heterocycles. The highest BCUT2D eigenvalue weighted by atomic mass is 16.1. The average Bonchev–Trinajstić information content (AvgIpc) is 2.25. The Bertz CT molecular complexity index is 399. The van der Waals surface area contributed by atoms with Gasteiger partial charge in [-0.2, -0.15) is 0 Å². The summed E-state index contributed by atoms with van der Waals surface area (Å²) in [6, 6.07) is 8.57. The van der Waals surface area contributed by atoms with Gasteiger partial charge in [0.15, 0.2) is 0 Å². The quantitative estimate of drug-likeness (QED) is 0.820. The third kappa shape index (κ3) is 3.86. The van der Waals surface area contributed by atoms with E-state index in [1.807, 2.05) is 19.9 Å². The van der Waals surface area contributed by atoms with Crippen LogP contribution in [-0.4, -0.2) is 12.5 Å². The summed E-state index contributed by atoms with van der Waals surface area (Å²) in [5, 5.41) is 3.35. The lowest BCUT2D eigenvalue weighted by Gasteiger charge is -2.24. The highest BCUT2D eigenvalue weighted by Gasteiger charge is 2.25. The summed E-state index contributed by atoms with van der Waals surface area (Å²) in [5.41, 5.74) is 7.29. The molecule has 1 aromatic rings.